The minimum atomic E-state index is -4.23. The third kappa shape index (κ3) is 9.80. The molecule has 0 heterocycles. The summed E-state index contributed by atoms with van der Waals surface area (Å²) in [6.07, 6.45) is 1.99. The van der Waals surface area contributed by atoms with Crippen LogP contribution in [0, 0.1) is 10.1 Å². The number of nitrogens with one attached hydrogen (secondary N) is 3. The highest BCUT2D eigenvalue weighted by molar-refractivity contribution is 7.87. The van der Waals surface area contributed by atoms with E-state index in [0.29, 0.717) is 5.56 Å². The van der Waals surface area contributed by atoms with E-state index >= 15 is 0 Å². The Bertz CT molecular complexity index is 1270. The molecule has 0 aliphatic heterocycles. The number of halogens is 1. The van der Waals surface area contributed by atoms with Crippen molar-refractivity contribution in [1.82, 2.24) is 16.0 Å². The van der Waals surface area contributed by atoms with E-state index in [-0.39, 0.29) is 41.7 Å². The molecule has 0 aromatic heterocycles. The van der Waals surface area contributed by atoms with Crippen molar-refractivity contribution >= 4 is 46.3 Å². The molecule has 2 aromatic carbocycles. The van der Waals surface area contributed by atoms with Gasteiger partial charge in [-0.2, -0.15) is 8.42 Å². The summed E-state index contributed by atoms with van der Waals surface area (Å²) in [5, 5.41) is 17.9. The number of nitrogens with two attached hydrogens (primary N) is 1. The van der Waals surface area contributed by atoms with Crippen LogP contribution in [0.25, 0.3) is 6.08 Å². The van der Waals surface area contributed by atoms with Gasteiger partial charge < -0.3 is 25.9 Å². The predicted molar refractivity (Wildman–Crippen MR) is 141 cm³/mol. The fourth-order valence-corrected chi connectivity index (χ4v) is 3.76. The molecule has 2 aromatic rings. The lowest BCUT2D eigenvalue weighted by Crippen LogP contribution is -2.52. The zero-order valence-electron chi connectivity index (χ0n) is 20.4. The standard InChI is InChI=1S/C23H27N5O8S.ClH/c1-15(21(29)25-13-12-24)26-22(30)16(2)27-23(31)18-5-9-20(10-6-18)37(34,35)36-19-7-3-17(4-8-19)11-14-28(32)33;/h3-11,14-16H,12-13,24H2,1-2H3,(H,25,29)(H,26,30)(H,27,31);1H/b14-11+;/t15-,16-;/m0./s1. The first-order valence-electron chi connectivity index (χ1n) is 11.0. The van der Waals surface area contributed by atoms with Crippen molar-refractivity contribution < 1.29 is 31.9 Å². The second kappa shape index (κ2) is 14.7. The Morgan fingerprint density at radius 3 is 2.13 bits per heavy atom. The van der Waals surface area contributed by atoms with Gasteiger partial charge in [0.1, 0.15) is 22.7 Å². The number of rotatable bonds is 12. The summed E-state index contributed by atoms with van der Waals surface area (Å²) < 4.78 is 30.2. The number of hydrogen-bond acceptors (Lipinski definition) is 9. The van der Waals surface area contributed by atoms with E-state index in [9.17, 15) is 32.9 Å². The second-order valence-corrected chi connectivity index (χ2v) is 9.28. The Balaban J connectivity index is 0.00000722. The van der Waals surface area contributed by atoms with Gasteiger partial charge in [-0.15, -0.1) is 12.4 Å². The number of benzene rings is 2. The van der Waals surface area contributed by atoms with E-state index in [2.05, 4.69) is 16.0 Å². The Morgan fingerprint density at radius 2 is 1.58 bits per heavy atom. The lowest BCUT2D eigenvalue weighted by molar-refractivity contribution is -0.400. The topological polar surface area (TPSA) is 200 Å². The monoisotopic (exact) mass is 569 g/mol. The molecule has 0 unspecified atom stereocenters. The van der Waals surface area contributed by atoms with E-state index < -0.39 is 44.8 Å². The molecule has 0 radical (unpaired) electrons. The lowest BCUT2D eigenvalue weighted by Gasteiger charge is -2.18. The molecular weight excluding hydrogens is 542 g/mol. The van der Waals surface area contributed by atoms with Gasteiger partial charge in [-0.1, -0.05) is 12.1 Å². The van der Waals surface area contributed by atoms with E-state index in [4.69, 9.17) is 9.92 Å². The van der Waals surface area contributed by atoms with Crippen LogP contribution in [0.15, 0.2) is 59.6 Å². The average Bonchev–Trinajstić information content (AvgIpc) is 2.86. The minimum absolute atomic E-state index is 0. The van der Waals surface area contributed by atoms with Gasteiger partial charge in [0.05, 0.1) is 4.92 Å². The maximum absolute atomic E-state index is 12.6. The zero-order valence-corrected chi connectivity index (χ0v) is 22.1. The van der Waals surface area contributed by atoms with Crippen LogP contribution in [0.4, 0.5) is 0 Å². The zero-order chi connectivity index (χ0) is 27.6. The van der Waals surface area contributed by atoms with Crippen molar-refractivity contribution in [2.75, 3.05) is 13.1 Å². The Labute approximate surface area is 225 Å². The van der Waals surface area contributed by atoms with Gasteiger partial charge in [0.15, 0.2) is 0 Å². The normalized spacial score (nSPS) is 12.5. The molecular formula is C23H28ClN5O8S. The van der Waals surface area contributed by atoms with Crippen LogP contribution in [0.3, 0.4) is 0 Å². The van der Waals surface area contributed by atoms with Gasteiger partial charge in [-0.05, 0) is 55.8 Å². The minimum Gasteiger partial charge on any atom is -0.379 e. The van der Waals surface area contributed by atoms with Crippen molar-refractivity contribution in [2.24, 2.45) is 5.73 Å². The average molecular weight is 570 g/mol. The van der Waals surface area contributed by atoms with E-state index in [1.165, 1.54) is 68.5 Å². The number of nitrogens with zero attached hydrogens (tertiary/aromatic N) is 1. The summed E-state index contributed by atoms with van der Waals surface area (Å²) in [4.78, 5) is 46.1. The predicted octanol–water partition coefficient (Wildman–Crippen LogP) is 0.821. The first-order chi connectivity index (χ1) is 17.4. The smallest absolute Gasteiger partial charge is 0.339 e. The molecule has 38 heavy (non-hydrogen) atoms. The van der Waals surface area contributed by atoms with E-state index in [1.54, 1.807) is 0 Å². The molecule has 0 aliphatic rings. The number of carbonyl (C=O) groups excluding carboxylic acids is 3. The van der Waals surface area contributed by atoms with Gasteiger partial charge in [-0.25, -0.2) is 0 Å². The van der Waals surface area contributed by atoms with Crippen molar-refractivity contribution in [2.45, 2.75) is 30.8 Å². The maximum Gasteiger partial charge on any atom is 0.339 e. The van der Waals surface area contributed by atoms with Crippen LogP contribution in [-0.2, 0) is 19.7 Å². The largest absolute Gasteiger partial charge is 0.379 e. The fraction of sp³-hybridized carbons (Fsp3) is 0.261. The highest BCUT2D eigenvalue weighted by Crippen LogP contribution is 2.20. The highest BCUT2D eigenvalue weighted by atomic mass is 35.5. The van der Waals surface area contributed by atoms with Gasteiger partial charge in [0.25, 0.3) is 5.91 Å². The number of carbonyl (C=O) groups is 3. The van der Waals surface area contributed by atoms with Crippen LogP contribution in [0.1, 0.15) is 29.8 Å². The van der Waals surface area contributed by atoms with Crippen LogP contribution in [-0.4, -0.2) is 56.2 Å². The van der Waals surface area contributed by atoms with Crippen molar-refractivity contribution in [1.29, 1.82) is 0 Å². The van der Waals surface area contributed by atoms with Gasteiger partial charge in [-0.3, -0.25) is 24.5 Å². The molecule has 5 N–H and O–H groups in total. The maximum atomic E-state index is 12.6. The molecule has 0 fully saturated rings. The summed E-state index contributed by atoms with van der Waals surface area (Å²) in [7, 11) is -4.23. The Kier molecular flexibility index (Phi) is 12.4. The highest BCUT2D eigenvalue weighted by Gasteiger charge is 2.22. The summed E-state index contributed by atoms with van der Waals surface area (Å²) in [6, 6.07) is 8.62. The first-order valence-corrected chi connectivity index (χ1v) is 12.4. The van der Waals surface area contributed by atoms with Crippen LogP contribution >= 0.6 is 12.4 Å². The third-order valence-electron chi connectivity index (χ3n) is 4.82. The molecule has 15 heteroatoms. The Morgan fingerprint density at radius 1 is 1.00 bits per heavy atom. The molecule has 3 amide bonds. The molecule has 2 atom stereocenters. The quantitative estimate of drug-likeness (QED) is 0.162. The van der Waals surface area contributed by atoms with Crippen LogP contribution in [0.5, 0.6) is 5.75 Å². The molecule has 0 saturated heterocycles. The van der Waals surface area contributed by atoms with Crippen molar-refractivity contribution in [3.05, 3.63) is 76.0 Å². The summed E-state index contributed by atoms with van der Waals surface area (Å²) in [6.45, 7) is 3.44. The van der Waals surface area contributed by atoms with Crippen molar-refractivity contribution in [3.8, 4) is 5.75 Å². The molecule has 2 rings (SSSR count). The van der Waals surface area contributed by atoms with E-state index in [0.717, 1.165) is 6.20 Å². The third-order valence-corrected chi connectivity index (χ3v) is 6.08. The van der Waals surface area contributed by atoms with Gasteiger partial charge in [0.2, 0.25) is 18.0 Å². The summed E-state index contributed by atoms with van der Waals surface area (Å²) in [5.74, 6) is -1.65. The first kappa shape index (κ1) is 32.0. The van der Waals surface area contributed by atoms with Gasteiger partial charge in [0, 0.05) is 24.7 Å². The summed E-state index contributed by atoms with van der Waals surface area (Å²) >= 11 is 0. The molecule has 0 saturated carbocycles. The molecule has 0 bridgehead atoms. The number of hydrogen-bond donors (Lipinski definition) is 4. The van der Waals surface area contributed by atoms with Crippen LogP contribution in [0.2, 0.25) is 0 Å². The van der Waals surface area contributed by atoms with E-state index in [1.807, 2.05) is 0 Å². The summed E-state index contributed by atoms with van der Waals surface area (Å²) in [5.41, 5.74) is 5.88. The lowest BCUT2D eigenvalue weighted by atomic mass is 10.2. The van der Waals surface area contributed by atoms with Crippen molar-refractivity contribution in [3.63, 3.8) is 0 Å². The molecule has 13 nitrogen and oxygen atoms in total. The molecule has 206 valence electrons. The second-order valence-electron chi connectivity index (χ2n) is 7.74. The molecule has 0 spiro atoms. The molecule has 0 aliphatic carbocycles. The fourth-order valence-electron chi connectivity index (χ4n) is 2.83. The number of nitro groups is 1. The SMILES string of the molecule is C[C@H](NC(=O)c1ccc(S(=O)(=O)Oc2ccc(/C=C/[N+](=O)[O-])cc2)cc1)C(=O)N[C@@H](C)C(=O)NCCN.Cl. The number of amides is 3. The van der Waals surface area contributed by atoms with Crippen LogP contribution < -0.4 is 25.9 Å². The van der Waals surface area contributed by atoms with Gasteiger partial charge >= 0.3 is 10.1 Å². The Hall–Kier alpha value is -4.01.